The van der Waals surface area contributed by atoms with Crippen LogP contribution in [0.3, 0.4) is 0 Å². The van der Waals surface area contributed by atoms with Gasteiger partial charge in [0.1, 0.15) is 6.04 Å². The van der Waals surface area contributed by atoms with E-state index >= 15 is 0 Å². The Hall–Kier alpha value is -2.35. The van der Waals surface area contributed by atoms with Crippen molar-refractivity contribution < 1.29 is 29.0 Å². The number of aliphatic hydroxyl groups excluding tert-OH is 1. The molecule has 108 valence electrons. The highest BCUT2D eigenvalue weighted by atomic mass is 16.4. The van der Waals surface area contributed by atoms with Crippen LogP contribution in [0.1, 0.15) is 17.0 Å². The zero-order valence-electron chi connectivity index (χ0n) is 10.5. The topological polar surface area (TPSA) is 120 Å². The number of likely N-dealkylation sites (tertiary alicyclic amines) is 1. The summed E-state index contributed by atoms with van der Waals surface area (Å²) in [6, 6.07) is 1.92. The normalized spacial score (nSPS) is 21.8. The van der Waals surface area contributed by atoms with Crippen LogP contribution in [0.25, 0.3) is 0 Å². The summed E-state index contributed by atoms with van der Waals surface area (Å²) in [5.74, 6) is -2.23. The zero-order valence-corrected chi connectivity index (χ0v) is 10.5. The van der Waals surface area contributed by atoms with Crippen molar-refractivity contribution >= 4 is 17.8 Å². The van der Waals surface area contributed by atoms with Gasteiger partial charge in [0.25, 0.3) is 5.91 Å². The number of aliphatic hydroxyl groups is 1. The number of amides is 2. The number of carboxylic acids is 1. The summed E-state index contributed by atoms with van der Waals surface area (Å²) in [6.45, 7) is -0.400. The van der Waals surface area contributed by atoms with Gasteiger partial charge < -0.3 is 24.8 Å². The number of furan rings is 1. The van der Waals surface area contributed by atoms with Gasteiger partial charge in [-0.15, -0.1) is 0 Å². The standard InChI is InChI=1S/C12H14N2O6/c15-7-4-8(12(18)19)14(6-7)10(16)5-13-11(17)9-2-1-3-20-9/h1-3,7-8,15H,4-6H2,(H,13,17)(H,18,19)/t7?,8-/m0/s1. The molecule has 8 heteroatoms. The third-order valence-corrected chi connectivity index (χ3v) is 3.03. The summed E-state index contributed by atoms with van der Waals surface area (Å²) in [6.07, 6.45) is 0.460. The van der Waals surface area contributed by atoms with Crippen molar-refractivity contribution in [2.45, 2.75) is 18.6 Å². The number of β-amino-alcohol motifs (C(OH)–C–C–N with tert-alkyl or cyclic N) is 1. The molecule has 0 aromatic carbocycles. The van der Waals surface area contributed by atoms with Gasteiger partial charge in [-0.2, -0.15) is 0 Å². The maximum absolute atomic E-state index is 11.9. The van der Waals surface area contributed by atoms with Gasteiger partial charge in [-0.3, -0.25) is 9.59 Å². The number of hydrogen-bond acceptors (Lipinski definition) is 5. The van der Waals surface area contributed by atoms with E-state index < -0.39 is 29.9 Å². The van der Waals surface area contributed by atoms with E-state index in [4.69, 9.17) is 9.52 Å². The van der Waals surface area contributed by atoms with Crippen molar-refractivity contribution in [3.05, 3.63) is 24.2 Å². The highest BCUT2D eigenvalue weighted by Crippen LogP contribution is 2.18. The molecule has 2 amide bonds. The fraction of sp³-hybridized carbons (Fsp3) is 0.417. The Labute approximate surface area is 114 Å². The molecule has 1 saturated heterocycles. The SMILES string of the molecule is O=C(NCC(=O)N1CC(O)C[C@H]1C(=O)O)c1ccco1. The second-order valence-corrected chi connectivity index (χ2v) is 4.45. The molecular weight excluding hydrogens is 268 g/mol. The predicted molar refractivity (Wildman–Crippen MR) is 64.8 cm³/mol. The minimum atomic E-state index is -1.17. The van der Waals surface area contributed by atoms with Gasteiger partial charge in [0, 0.05) is 13.0 Å². The smallest absolute Gasteiger partial charge is 0.326 e. The molecule has 0 spiro atoms. The van der Waals surface area contributed by atoms with Crippen LogP contribution >= 0.6 is 0 Å². The van der Waals surface area contributed by atoms with Crippen molar-refractivity contribution in [2.24, 2.45) is 0 Å². The second-order valence-electron chi connectivity index (χ2n) is 4.45. The Morgan fingerprint density at radius 2 is 2.20 bits per heavy atom. The number of rotatable bonds is 4. The van der Waals surface area contributed by atoms with E-state index in [-0.39, 0.29) is 25.3 Å². The molecule has 1 aliphatic heterocycles. The first-order valence-corrected chi connectivity index (χ1v) is 6.01. The first kappa shape index (κ1) is 14.1. The van der Waals surface area contributed by atoms with Crippen LogP contribution in [-0.4, -0.2) is 58.1 Å². The minimum Gasteiger partial charge on any atom is -0.480 e. The van der Waals surface area contributed by atoms with Gasteiger partial charge in [0.05, 0.1) is 18.9 Å². The molecule has 1 unspecified atom stereocenters. The lowest BCUT2D eigenvalue weighted by Gasteiger charge is -2.21. The molecule has 1 fully saturated rings. The average molecular weight is 282 g/mol. The first-order chi connectivity index (χ1) is 9.49. The third kappa shape index (κ3) is 2.97. The number of carboxylic acid groups (broad SMARTS) is 1. The molecule has 2 heterocycles. The number of nitrogens with zero attached hydrogens (tertiary/aromatic N) is 1. The van der Waals surface area contributed by atoms with E-state index in [2.05, 4.69) is 5.32 Å². The van der Waals surface area contributed by atoms with Crippen molar-refractivity contribution in [3.63, 3.8) is 0 Å². The molecule has 0 radical (unpaired) electrons. The minimum absolute atomic E-state index is 0.00674. The number of hydrogen-bond donors (Lipinski definition) is 3. The molecule has 1 aromatic heterocycles. The fourth-order valence-electron chi connectivity index (χ4n) is 2.08. The lowest BCUT2D eigenvalue weighted by Crippen LogP contribution is -2.45. The maximum atomic E-state index is 11.9. The third-order valence-electron chi connectivity index (χ3n) is 3.03. The number of carbonyl (C=O) groups is 3. The second kappa shape index (κ2) is 5.74. The summed E-state index contributed by atoms with van der Waals surface area (Å²) in [5, 5.41) is 20.7. The van der Waals surface area contributed by atoms with E-state index in [0.29, 0.717) is 0 Å². The van der Waals surface area contributed by atoms with E-state index in [1.165, 1.54) is 18.4 Å². The van der Waals surface area contributed by atoms with Crippen molar-refractivity contribution in [1.82, 2.24) is 10.2 Å². The molecule has 0 bridgehead atoms. The van der Waals surface area contributed by atoms with Crippen molar-refractivity contribution in [1.29, 1.82) is 0 Å². The van der Waals surface area contributed by atoms with E-state index in [1.807, 2.05) is 0 Å². The van der Waals surface area contributed by atoms with Crippen LogP contribution < -0.4 is 5.32 Å². The lowest BCUT2D eigenvalue weighted by atomic mass is 10.2. The Bertz CT molecular complexity index is 512. The quantitative estimate of drug-likeness (QED) is 0.655. The molecule has 3 N–H and O–H groups in total. The number of nitrogens with one attached hydrogen (secondary N) is 1. The Morgan fingerprint density at radius 1 is 1.45 bits per heavy atom. The summed E-state index contributed by atoms with van der Waals surface area (Å²) >= 11 is 0. The van der Waals surface area contributed by atoms with Gasteiger partial charge in [0.15, 0.2) is 5.76 Å². The molecule has 0 saturated carbocycles. The zero-order chi connectivity index (χ0) is 14.7. The summed E-state index contributed by atoms with van der Waals surface area (Å²) in [7, 11) is 0. The molecule has 1 aromatic rings. The highest BCUT2D eigenvalue weighted by molar-refractivity contribution is 5.94. The predicted octanol–water partition coefficient (Wildman–Crippen LogP) is -0.944. The van der Waals surface area contributed by atoms with Crippen LogP contribution in [0.15, 0.2) is 22.8 Å². The average Bonchev–Trinajstić information content (AvgIpc) is 3.04. The van der Waals surface area contributed by atoms with Gasteiger partial charge in [-0.25, -0.2) is 4.79 Å². The number of carbonyl (C=O) groups excluding carboxylic acids is 2. The maximum Gasteiger partial charge on any atom is 0.326 e. The van der Waals surface area contributed by atoms with Crippen LogP contribution in [0, 0.1) is 0 Å². The Morgan fingerprint density at radius 3 is 2.80 bits per heavy atom. The largest absolute Gasteiger partial charge is 0.480 e. The van der Waals surface area contributed by atoms with Crippen molar-refractivity contribution in [2.75, 3.05) is 13.1 Å². The summed E-state index contributed by atoms with van der Waals surface area (Å²) in [5.41, 5.74) is 0. The van der Waals surface area contributed by atoms with E-state index in [9.17, 15) is 19.5 Å². The first-order valence-electron chi connectivity index (χ1n) is 6.01. The van der Waals surface area contributed by atoms with Gasteiger partial charge in [-0.1, -0.05) is 0 Å². The molecule has 20 heavy (non-hydrogen) atoms. The molecule has 2 rings (SSSR count). The Balaban J connectivity index is 1.91. The number of aliphatic carboxylic acids is 1. The van der Waals surface area contributed by atoms with Crippen LogP contribution in [0.2, 0.25) is 0 Å². The molecule has 8 nitrogen and oxygen atoms in total. The van der Waals surface area contributed by atoms with Gasteiger partial charge >= 0.3 is 5.97 Å². The van der Waals surface area contributed by atoms with Crippen molar-refractivity contribution in [3.8, 4) is 0 Å². The van der Waals surface area contributed by atoms with Crippen LogP contribution in [-0.2, 0) is 9.59 Å². The van der Waals surface area contributed by atoms with Crippen LogP contribution in [0.4, 0.5) is 0 Å². The van der Waals surface area contributed by atoms with Gasteiger partial charge in [-0.05, 0) is 12.1 Å². The fourth-order valence-corrected chi connectivity index (χ4v) is 2.08. The monoisotopic (exact) mass is 282 g/mol. The molecular formula is C12H14N2O6. The lowest BCUT2D eigenvalue weighted by molar-refractivity contribution is -0.147. The Kier molecular flexibility index (Phi) is 4.04. The van der Waals surface area contributed by atoms with Crippen LogP contribution in [0.5, 0.6) is 0 Å². The van der Waals surface area contributed by atoms with E-state index in [1.54, 1.807) is 0 Å². The van der Waals surface area contributed by atoms with Gasteiger partial charge in [0.2, 0.25) is 5.91 Å². The summed E-state index contributed by atoms with van der Waals surface area (Å²) in [4.78, 5) is 35.5. The molecule has 2 atom stereocenters. The molecule has 1 aliphatic rings. The highest BCUT2D eigenvalue weighted by Gasteiger charge is 2.38. The summed E-state index contributed by atoms with van der Waals surface area (Å²) < 4.78 is 4.86. The molecule has 0 aliphatic carbocycles. The van der Waals surface area contributed by atoms with E-state index in [0.717, 1.165) is 4.90 Å².